The molecular weight excluding hydrogens is 336 g/mol. The van der Waals surface area contributed by atoms with Crippen LogP contribution in [0.2, 0.25) is 0 Å². The van der Waals surface area contributed by atoms with E-state index in [9.17, 15) is 0 Å². The number of hydrogen-bond donors (Lipinski definition) is 0. The van der Waals surface area contributed by atoms with E-state index < -0.39 is 0 Å². The SMILES string of the molecule is C=Cc1ccccc1.C=Cc1ccccc1C=C.C=Cc1ccccc1CC. The van der Waals surface area contributed by atoms with Crippen LogP contribution in [-0.4, -0.2) is 0 Å². The normalized spacial score (nSPS) is 8.89. The van der Waals surface area contributed by atoms with Gasteiger partial charge in [-0.3, -0.25) is 0 Å². The minimum atomic E-state index is 1.09. The first-order chi connectivity index (χ1) is 13.7. The molecule has 3 rings (SSSR count). The topological polar surface area (TPSA) is 0 Å². The van der Waals surface area contributed by atoms with Crippen LogP contribution in [0.5, 0.6) is 0 Å². The van der Waals surface area contributed by atoms with Gasteiger partial charge < -0.3 is 0 Å². The third-order valence-corrected chi connectivity index (χ3v) is 4.13. The molecule has 0 amide bonds. The van der Waals surface area contributed by atoms with E-state index in [2.05, 4.69) is 51.4 Å². The summed E-state index contributed by atoms with van der Waals surface area (Å²) in [6, 6.07) is 26.4. The van der Waals surface area contributed by atoms with E-state index in [1.54, 1.807) is 0 Å². The molecule has 0 nitrogen and oxygen atoms in total. The fourth-order valence-corrected chi connectivity index (χ4v) is 2.53. The largest absolute Gasteiger partial charge is 0.0985 e. The molecule has 0 heteroatoms. The summed E-state index contributed by atoms with van der Waals surface area (Å²) in [5.41, 5.74) is 6.07. The van der Waals surface area contributed by atoms with Crippen LogP contribution in [0.25, 0.3) is 24.3 Å². The Labute approximate surface area is 170 Å². The summed E-state index contributed by atoms with van der Waals surface area (Å²) in [7, 11) is 0. The van der Waals surface area contributed by atoms with Gasteiger partial charge in [0.05, 0.1) is 0 Å². The van der Waals surface area contributed by atoms with E-state index >= 15 is 0 Å². The van der Waals surface area contributed by atoms with Crippen molar-refractivity contribution in [1.29, 1.82) is 0 Å². The van der Waals surface area contributed by atoms with E-state index in [4.69, 9.17) is 0 Å². The van der Waals surface area contributed by atoms with Crippen LogP contribution in [0.1, 0.15) is 34.7 Å². The van der Waals surface area contributed by atoms with Crippen LogP contribution in [0.4, 0.5) is 0 Å². The maximum absolute atomic E-state index is 3.74. The molecule has 0 aliphatic heterocycles. The monoisotopic (exact) mass is 366 g/mol. The van der Waals surface area contributed by atoms with Gasteiger partial charge in [-0.25, -0.2) is 0 Å². The first-order valence-corrected chi connectivity index (χ1v) is 9.41. The van der Waals surface area contributed by atoms with Crippen molar-refractivity contribution in [2.24, 2.45) is 0 Å². The zero-order valence-corrected chi connectivity index (χ0v) is 16.9. The van der Waals surface area contributed by atoms with E-state index in [0.29, 0.717) is 0 Å². The molecule has 0 saturated heterocycles. The van der Waals surface area contributed by atoms with E-state index in [1.165, 1.54) is 16.7 Å². The minimum absolute atomic E-state index is 1.09. The average Bonchev–Trinajstić information content (AvgIpc) is 2.80. The smallest absolute Gasteiger partial charge is 0.0190 e. The van der Waals surface area contributed by atoms with Gasteiger partial charge in [0.1, 0.15) is 0 Å². The lowest BCUT2D eigenvalue weighted by Gasteiger charge is -1.99. The standard InChI is InChI=1S/C10H12.C10H10.C8H8/c2*1-3-9-7-5-6-8-10(9)4-2;1-2-8-6-4-3-5-7-8/h3,5-8H,1,4H2,2H3;3-8H,1-2H2;2-7H,1H2. The van der Waals surface area contributed by atoms with E-state index in [-0.39, 0.29) is 0 Å². The van der Waals surface area contributed by atoms with Crippen molar-refractivity contribution in [3.05, 3.63) is 133 Å². The summed E-state index contributed by atoms with van der Waals surface area (Å²) < 4.78 is 0. The second kappa shape index (κ2) is 13.8. The summed E-state index contributed by atoms with van der Waals surface area (Å²) in [6.45, 7) is 16.9. The first-order valence-electron chi connectivity index (χ1n) is 9.41. The predicted octanol–water partition coefficient (Wildman–Crippen LogP) is 8.19. The van der Waals surface area contributed by atoms with E-state index in [0.717, 1.165) is 17.5 Å². The summed E-state index contributed by atoms with van der Waals surface area (Å²) >= 11 is 0. The van der Waals surface area contributed by atoms with Gasteiger partial charge in [-0.2, -0.15) is 0 Å². The summed E-state index contributed by atoms with van der Waals surface area (Å²) in [5, 5.41) is 0. The molecule has 0 aliphatic rings. The molecule has 142 valence electrons. The second-order valence-electron chi connectivity index (χ2n) is 5.91. The van der Waals surface area contributed by atoms with Gasteiger partial charge in [-0.15, -0.1) is 0 Å². The maximum atomic E-state index is 3.74. The molecule has 0 N–H and O–H groups in total. The van der Waals surface area contributed by atoms with Crippen molar-refractivity contribution in [2.75, 3.05) is 0 Å². The highest BCUT2D eigenvalue weighted by molar-refractivity contribution is 5.63. The molecule has 0 aliphatic carbocycles. The van der Waals surface area contributed by atoms with Gasteiger partial charge in [0.2, 0.25) is 0 Å². The molecular formula is C28H30. The Bertz CT molecular complexity index is 842. The molecule has 0 heterocycles. The third-order valence-electron chi connectivity index (χ3n) is 4.13. The van der Waals surface area contributed by atoms with E-state index in [1.807, 2.05) is 85.0 Å². The first kappa shape index (κ1) is 22.7. The molecule has 28 heavy (non-hydrogen) atoms. The van der Waals surface area contributed by atoms with Gasteiger partial charge in [-0.1, -0.05) is 136 Å². The Hall–Kier alpha value is -3.38. The fourth-order valence-electron chi connectivity index (χ4n) is 2.53. The van der Waals surface area contributed by atoms with Crippen LogP contribution >= 0.6 is 0 Å². The molecule has 0 fully saturated rings. The van der Waals surface area contributed by atoms with Crippen LogP contribution in [0.3, 0.4) is 0 Å². The van der Waals surface area contributed by atoms with Gasteiger partial charge in [0.25, 0.3) is 0 Å². The summed E-state index contributed by atoms with van der Waals surface area (Å²) in [5.74, 6) is 0. The molecule has 0 bridgehead atoms. The summed E-state index contributed by atoms with van der Waals surface area (Å²) in [6.07, 6.45) is 8.48. The molecule has 0 aromatic heterocycles. The zero-order valence-electron chi connectivity index (χ0n) is 16.9. The van der Waals surface area contributed by atoms with Crippen molar-refractivity contribution in [3.8, 4) is 0 Å². The number of rotatable bonds is 5. The van der Waals surface area contributed by atoms with Crippen LogP contribution in [0.15, 0.2) is 105 Å². The van der Waals surface area contributed by atoms with Crippen LogP contribution in [-0.2, 0) is 6.42 Å². The predicted molar refractivity (Wildman–Crippen MR) is 129 cm³/mol. The maximum Gasteiger partial charge on any atom is -0.0190 e. The second-order valence-corrected chi connectivity index (χ2v) is 5.91. The van der Waals surface area contributed by atoms with Gasteiger partial charge >= 0.3 is 0 Å². The van der Waals surface area contributed by atoms with Gasteiger partial charge in [0, 0.05) is 0 Å². The Balaban J connectivity index is 0.000000212. The molecule has 0 atom stereocenters. The number of benzene rings is 3. The Morgan fingerprint density at radius 2 is 0.964 bits per heavy atom. The highest BCUT2D eigenvalue weighted by Gasteiger charge is 1.92. The van der Waals surface area contributed by atoms with Crippen LogP contribution in [0, 0.1) is 0 Å². The molecule has 0 unspecified atom stereocenters. The third kappa shape index (κ3) is 7.88. The Kier molecular flexibility index (Phi) is 11.1. The Morgan fingerprint density at radius 1 is 0.536 bits per heavy atom. The quantitative estimate of drug-likeness (QED) is 0.427. The number of aryl methyl sites for hydroxylation is 1. The van der Waals surface area contributed by atoms with Gasteiger partial charge in [-0.05, 0) is 34.2 Å². The fraction of sp³-hybridized carbons (Fsp3) is 0.0714. The van der Waals surface area contributed by atoms with Crippen molar-refractivity contribution in [3.63, 3.8) is 0 Å². The van der Waals surface area contributed by atoms with Gasteiger partial charge in [0.15, 0.2) is 0 Å². The Morgan fingerprint density at radius 3 is 1.32 bits per heavy atom. The van der Waals surface area contributed by atoms with Crippen molar-refractivity contribution < 1.29 is 0 Å². The molecule has 0 saturated carbocycles. The van der Waals surface area contributed by atoms with Crippen molar-refractivity contribution >= 4 is 24.3 Å². The lowest BCUT2D eigenvalue weighted by Crippen LogP contribution is -1.83. The molecule has 3 aromatic rings. The molecule has 3 aromatic carbocycles. The van der Waals surface area contributed by atoms with Crippen molar-refractivity contribution in [2.45, 2.75) is 13.3 Å². The number of hydrogen-bond acceptors (Lipinski definition) is 0. The molecule has 0 spiro atoms. The highest BCUT2D eigenvalue weighted by atomic mass is 14.0. The molecule has 0 radical (unpaired) electrons. The lowest BCUT2D eigenvalue weighted by atomic mass is 10.1. The van der Waals surface area contributed by atoms with Crippen molar-refractivity contribution in [1.82, 2.24) is 0 Å². The lowest BCUT2D eigenvalue weighted by molar-refractivity contribution is 1.13. The summed E-state index contributed by atoms with van der Waals surface area (Å²) in [4.78, 5) is 0. The van der Waals surface area contributed by atoms with Crippen LogP contribution < -0.4 is 0 Å². The zero-order chi connectivity index (χ0) is 20.6. The highest BCUT2D eigenvalue weighted by Crippen LogP contribution is 2.10. The average molecular weight is 367 g/mol. The minimum Gasteiger partial charge on any atom is -0.0985 e.